The van der Waals surface area contributed by atoms with Crippen molar-refractivity contribution in [3.8, 4) is 22.3 Å². The Hall–Kier alpha value is -2.96. The Morgan fingerprint density at radius 2 is 1.23 bits per heavy atom. The van der Waals surface area contributed by atoms with Crippen molar-refractivity contribution in [3.05, 3.63) is 159 Å². The molecule has 0 saturated heterocycles. The first-order chi connectivity index (χ1) is 21.9. The number of hydrogen-bond acceptors (Lipinski definition) is 0. The predicted molar refractivity (Wildman–Crippen MR) is 195 cm³/mol. The molecule has 3 aliphatic carbocycles. The van der Waals surface area contributed by atoms with E-state index in [-0.39, 0.29) is 35.6 Å². The molecule has 48 heavy (non-hydrogen) atoms. The van der Waals surface area contributed by atoms with Crippen molar-refractivity contribution >= 4 is 14.9 Å². The van der Waals surface area contributed by atoms with Crippen LogP contribution in [0.5, 0.6) is 0 Å². The number of halogens is 2. The summed E-state index contributed by atoms with van der Waals surface area (Å²) >= 11 is 1.46. The van der Waals surface area contributed by atoms with Crippen LogP contribution in [0.25, 0.3) is 33.4 Å². The van der Waals surface area contributed by atoms with Crippen LogP contribution in [-0.2, 0) is 41.5 Å². The molecule has 0 saturated carbocycles. The maximum absolute atomic E-state index is 3.65. The molecular formula is C45H44Cl2Zr-2. The molecule has 0 unspecified atom stereocenters. The summed E-state index contributed by atoms with van der Waals surface area (Å²) in [5, 5.41) is 0. The number of hydrogen-bond donors (Lipinski definition) is 0. The molecule has 5 aromatic carbocycles. The van der Waals surface area contributed by atoms with E-state index in [9.17, 15) is 0 Å². The van der Waals surface area contributed by atoms with E-state index in [1.54, 1.807) is 0 Å². The van der Waals surface area contributed by atoms with Gasteiger partial charge in [0.25, 0.3) is 0 Å². The minimum atomic E-state index is 0. The second kappa shape index (κ2) is 14.9. The Kier molecular flexibility index (Phi) is 11.7. The molecule has 8 rings (SSSR count). The molecule has 0 fully saturated rings. The summed E-state index contributed by atoms with van der Waals surface area (Å²) in [7, 11) is 0. The van der Waals surface area contributed by atoms with Crippen LogP contribution < -0.4 is 24.8 Å². The molecule has 244 valence electrons. The van der Waals surface area contributed by atoms with Gasteiger partial charge in [0.1, 0.15) is 0 Å². The van der Waals surface area contributed by atoms with E-state index in [0.29, 0.717) is 0 Å². The van der Waals surface area contributed by atoms with Crippen LogP contribution in [0.4, 0.5) is 0 Å². The monoisotopic (exact) mass is 744 g/mol. The third-order valence-corrected chi connectivity index (χ3v) is 10.5. The van der Waals surface area contributed by atoms with Crippen molar-refractivity contribution in [2.75, 3.05) is 0 Å². The zero-order chi connectivity index (χ0) is 32.8. The van der Waals surface area contributed by atoms with E-state index in [0.717, 1.165) is 6.42 Å². The van der Waals surface area contributed by atoms with Gasteiger partial charge >= 0.3 is 63.8 Å². The van der Waals surface area contributed by atoms with Crippen molar-refractivity contribution in [2.45, 2.75) is 72.6 Å². The maximum atomic E-state index is 3.65. The van der Waals surface area contributed by atoms with Gasteiger partial charge in [-0.3, -0.25) is 6.08 Å². The molecule has 0 radical (unpaired) electrons. The van der Waals surface area contributed by atoms with E-state index in [2.05, 4.69) is 162 Å². The number of fused-ring (bicyclic) bond motifs is 5. The van der Waals surface area contributed by atoms with Gasteiger partial charge in [-0.05, 0) is 58.4 Å². The summed E-state index contributed by atoms with van der Waals surface area (Å²) in [4.78, 5) is 0. The first-order valence-corrected chi connectivity index (χ1v) is 17.8. The SMILES string of the molecule is CC1=[C-]C(C)(C)c2cc3c(cc21)-c1cc2c(cc1C3)C(C)(C)C=C2C.Cc1cc(-c2ccccc2)c(C)[cH-]1.[Cl-].[Cl-].[Zr+2]=[CH]c1ccccc1. The zero-order valence-electron chi connectivity index (χ0n) is 29.4. The van der Waals surface area contributed by atoms with Crippen molar-refractivity contribution in [1.82, 2.24) is 0 Å². The molecule has 0 atom stereocenters. The Morgan fingerprint density at radius 1 is 0.667 bits per heavy atom. The van der Waals surface area contributed by atoms with Gasteiger partial charge in [0.05, 0.1) is 0 Å². The van der Waals surface area contributed by atoms with Crippen molar-refractivity contribution < 1.29 is 49.0 Å². The number of allylic oxidation sites excluding steroid dienone is 4. The van der Waals surface area contributed by atoms with Gasteiger partial charge in [-0.25, -0.2) is 11.6 Å². The molecule has 5 aromatic rings. The number of benzene rings is 4. The van der Waals surface area contributed by atoms with Crippen molar-refractivity contribution in [2.24, 2.45) is 0 Å². The van der Waals surface area contributed by atoms with E-state index in [1.165, 1.54) is 108 Å². The van der Waals surface area contributed by atoms with Gasteiger partial charge in [-0.15, -0.1) is 11.6 Å². The molecule has 0 nitrogen and oxygen atoms in total. The molecule has 0 N–H and O–H groups in total. The molecular weight excluding hydrogens is 703 g/mol. The van der Waals surface area contributed by atoms with Gasteiger partial charge in [-0.2, -0.15) is 28.3 Å². The van der Waals surface area contributed by atoms with Crippen LogP contribution >= 0.6 is 0 Å². The molecule has 3 aliphatic rings. The second-order valence-electron chi connectivity index (χ2n) is 14.3. The first-order valence-electron chi connectivity index (χ1n) is 16.4. The predicted octanol–water partition coefficient (Wildman–Crippen LogP) is 5.53. The topological polar surface area (TPSA) is 0 Å². The van der Waals surface area contributed by atoms with Gasteiger partial charge in [0.2, 0.25) is 0 Å². The summed E-state index contributed by atoms with van der Waals surface area (Å²) in [6.45, 7) is 18.0. The first kappa shape index (κ1) is 37.9. The van der Waals surface area contributed by atoms with Gasteiger partial charge < -0.3 is 24.8 Å². The summed E-state index contributed by atoms with van der Waals surface area (Å²) in [5.41, 5.74) is 21.3. The summed E-state index contributed by atoms with van der Waals surface area (Å²) in [6.07, 6.45) is 7.13. The average Bonchev–Trinajstić information content (AvgIpc) is 3.70. The normalized spacial score (nSPS) is 15.0. The van der Waals surface area contributed by atoms with E-state index in [1.807, 2.05) is 6.07 Å². The molecule has 0 amide bonds. The second-order valence-corrected chi connectivity index (χ2v) is 15.0. The molecule has 0 spiro atoms. The van der Waals surface area contributed by atoms with Crippen molar-refractivity contribution in [3.63, 3.8) is 0 Å². The van der Waals surface area contributed by atoms with E-state index >= 15 is 0 Å². The summed E-state index contributed by atoms with van der Waals surface area (Å²) in [6, 6.07) is 35.1. The van der Waals surface area contributed by atoms with Crippen LogP contribution in [0.3, 0.4) is 0 Å². The average molecular weight is 747 g/mol. The molecule has 0 heterocycles. The Bertz CT molecular complexity index is 1920. The standard InChI is InChI=1S/C25H25.C13H13.C7H6.2ClH.Zr/c1-14-12-24(3,4)22-8-16-7-17-9-23-19(15(2)13-25(23,5)6)11-21(17)20(16)10-18(14)22;1-10-8-11(2)13(9-10)12-6-4-3-5-7-12;1-7-5-3-2-4-6-7;;;/h8-12H,7H2,1-6H3;3-9H,1-2H3;1-6H;2*1H;/q2*-1;;;;+2/p-2. The fraction of sp³-hybridized carbons (Fsp3) is 0.244. The van der Waals surface area contributed by atoms with Crippen molar-refractivity contribution in [1.29, 1.82) is 0 Å². The molecule has 3 heteroatoms. The fourth-order valence-electron chi connectivity index (χ4n) is 7.56. The van der Waals surface area contributed by atoms with E-state index in [4.69, 9.17) is 0 Å². The van der Waals surface area contributed by atoms with Crippen LogP contribution in [0.1, 0.15) is 91.6 Å². The quantitative estimate of drug-likeness (QED) is 0.205. The van der Waals surface area contributed by atoms with Crippen LogP contribution in [0.15, 0.2) is 103 Å². The molecule has 0 aliphatic heterocycles. The number of rotatable bonds is 2. The fourth-order valence-corrected chi connectivity index (χ4v) is 8.03. The number of aryl methyl sites for hydroxylation is 2. The summed E-state index contributed by atoms with van der Waals surface area (Å²) < 4.78 is 2.17. The molecule has 0 bridgehead atoms. The Labute approximate surface area is 315 Å². The summed E-state index contributed by atoms with van der Waals surface area (Å²) in [5.74, 6) is 0. The van der Waals surface area contributed by atoms with Gasteiger partial charge in [-0.1, -0.05) is 108 Å². The minimum absolute atomic E-state index is 0. The van der Waals surface area contributed by atoms with Crippen LogP contribution in [0, 0.1) is 19.9 Å². The third-order valence-electron chi connectivity index (χ3n) is 9.72. The van der Waals surface area contributed by atoms with Crippen LogP contribution in [-0.4, -0.2) is 3.71 Å². The Morgan fingerprint density at radius 3 is 1.77 bits per heavy atom. The Balaban J connectivity index is 0.000000190. The zero-order valence-corrected chi connectivity index (χ0v) is 33.3. The van der Waals surface area contributed by atoms with Gasteiger partial charge in [0.15, 0.2) is 0 Å². The third kappa shape index (κ3) is 7.45. The molecule has 0 aromatic heterocycles. The van der Waals surface area contributed by atoms with E-state index < -0.39 is 0 Å². The van der Waals surface area contributed by atoms with Gasteiger partial charge in [0, 0.05) is 5.41 Å². The van der Waals surface area contributed by atoms with Crippen LogP contribution in [0.2, 0.25) is 0 Å².